The number of thiophene rings is 1. The van der Waals surface area contributed by atoms with Crippen LogP contribution in [0.2, 0.25) is 0 Å². The zero-order chi connectivity index (χ0) is 19.7. The first kappa shape index (κ1) is 19.5. The molecule has 1 amide bonds. The van der Waals surface area contributed by atoms with Crippen molar-refractivity contribution in [3.8, 4) is 5.75 Å². The first-order chi connectivity index (χ1) is 13.4. The number of hydrogen-bond donors (Lipinski definition) is 0. The normalized spacial score (nSPS) is 21.2. The minimum absolute atomic E-state index is 0.131. The van der Waals surface area contributed by atoms with Gasteiger partial charge in [-0.1, -0.05) is 18.2 Å². The van der Waals surface area contributed by atoms with Gasteiger partial charge >= 0.3 is 0 Å². The monoisotopic (exact) mass is 398 g/mol. The van der Waals surface area contributed by atoms with Crippen molar-refractivity contribution in [3.63, 3.8) is 0 Å². The average Bonchev–Trinajstić information content (AvgIpc) is 3.08. The fourth-order valence-electron chi connectivity index (χ4n) is 4.54. The molecule has 2 aromatic rings. The molecule has 4 nitrogen and oxygen atoms in total. The summed E-state index contributed by atoms with van der Waals surface area (Å²) in [5.41, 5.74) is 1.06. The average molecular weight is 399 g/mol. The Morgan fingerprint density at radius 3 is 2.64 bits per heavy atom. The second kappa shape index (κ2) is 7.88. The van der Waals surface area contributed by atoms with Crippen LogP contribution in [-0.4, -0.2) is 48.5 Å². The lowest BCUT2D eigenvalue weighted by atomic mass is 9.76. The molecule has 0 saturated carbocycles. The number of rotatable bonds is 4. The van der Waals surface area contributed by atoms with Crippen LogP contribution in [0, 0.1) is 6.92 Å². The van der Waals surface area contributed by atoms with E-state index in [1.807, 2.05) is 31.5 Å². The van der Waals surface area contributed by atoms with Crippen LogP contribution in [0.4, 0.5) is 0 Å². The molecule has 5 heteroatoms. The zero-order valence-electron chi connectivity index (χ0n) is 17.1. The van der Waals surface area contributed by atoms with E-state index >= 15 is 0 Å². The molecule has 1 aromatic carbocycles. The van der Waals surface area contributed by atoms with Crippen LogP contribution < -0.4 is 4.74 Å². The van der Waals surface area contributed by atoms with Crippen LogP contribution in [0.15, 0.2) is 36.4 Å². The van der Waals surface area contributed by atoms with E-state index in [1.54, 1.807) is 4.90 Å². The van der Waals surface area contributed by atoms with Crippen LogP contribution in [0.5, 0.6) is 5.75 Å². The standard InChI is InChI=1S/C23H30N2O2S/c1-17-8-9-19(28-17)16-25-12-10-23(11-13-25)15-18(14-22(26)24(2)3)20-6-4-5-7-21(20)27-23/h4-9,18H,10-16H2,1-3H3/t18-/m1/s1. The van der Waals surface area contributed by atoms with E-state index in [1.165, 1.54) is 15.3 Å². The first-order valence-corrected chi connectivity index (χ1v) is 11.0. The predicted octanol–water partition coefficient (Wildman–Crippen LogP) is 4.44. The van der Waals surface area contributed by atoms with Gasteiger partial charge in [0.25, 0.3) is 0 Å². The van der Waals surface area contributed by atoms with Crippen molar-refractivity contribution in [3.05, 3.63) is 51.7 Å². The summed E-state index contributed by atoms with van der Waals surface area (Å²) in [4.78, 5) is 19.5. The molecule has 3 heterocycles. The Bertz CT molecular complexity index is 837. The largest absolute Gasteiger partial charge is 0.487 e. The van der Waals surface area contributed by atoms with Crippen molar-refractivity contribution in [1.82, 2.24) is 9.80 Å². The summed E-state index contributed by atoms with van der Waals surface area (Å²) in [6.45, 7) is 5.30. The number of amides is 1. The molecule has 1 saturated heterocycles. The topological polar surface area (TPSA) is 32.8 Å². The molecule has 2 aliphatic heterocycles. The molecule has 150 valence electrons. The number of aryl methyl sites for hydroxylation is 1. The molecular weight excluding hydrogens is 368 g/mol. The number of nitrogens with zero attached hydrogens (tertiary/aromatic N) is 2. The maximum Gasteiger partial charge on any atom is 0.222 e. The van der Waals surface area contributed by atoms with Crippen molar-refractivity contribution >= 4 is 17.2 Å². The highest BCUT2D eigenvalue weighted by Crippen LogP contribution is 2.46. The number of carbonyl (C=O) groups excluding carboxylic acids is 1. The lowest BCUT2D eigenvalue weighted by Gasteiger charge is -2.47. The minimum atomic E-state index is -0.131. The van der Waals surface area contributed by atoms with Crippen LogP contribution in [0.3, 0.4) is 0 Å². The second-order valence-electron chi connectivity index (χ2n) is 8.50. The molecule has 0 bridgehead atoms. The first-order valence-electron chi connectivity index (χ1n) is 10.2. The quantitative estimate of drug-likeness (QED) is 0.763. The highest BCUT2D eigenvalue weighted by atomic mass is 32.1. The van der Waals surface area contributed by atoms with Gasteiger partial charge in [0.15, 0.2) is 0 Å². The second-order valence-corrected chi connectivity index (χ2v) is 9.88. The van der Waals surface area contributed by atoms with Crippen LogP contribution in [0.1, 0.15) is 46.9 Å². The fourth-order valence-corrected chi connectivity index (χ4v) is 5.47. The summed E-state index contributed by atoms with van der Waals surface area (Å²) in [6.07, 6.45) is 3.56. The Hall–Kier alpha value is -1.85. The van der Waals surface area contributed by atoms with Gasteiger partial charge in [0.05, 0.1) is 0 Å². The molecule has 1 atom stereocenters. The molecule has 0 N–H and O–H groups in total. The summed E-state index contributed by atoms with van der Waals surface area (Å²) >= 11 is 1.89. The molecule has 0 radical (unpaired) electrons. The van der Waals surface area contributed by atoms with Gasteiger partial charge in [0.2, 0.25) is 5.91 Å². The smallest absolute Gasteiger partial charge is 0.222 e. The van der Waals surface area contributed by atoms with Crippen molar-refractivity contribution in [2.24, 2.45) is 0 Å². The Balaban J connectivity index is 1.47. The predicted molar refractivity (Wildman–Crippen MR) is 114 cm³/mol. The van der Waals surface area contributed by atoms with E-state index in [0.29, 0.717) is 6.42 Å². The van der Waals surface area contributed by atoms with E-state index in [9.17, 15) is 4.79 Å². The van der Waals surface area contributed by atoms with Crippen LogP contribution in [0.25, 0.3) is 0 Å². The SMILES string of the molecule is Cc1ccc(CN2CCC3(CC2)C[C@@H](CC(=O)N(C)C)c2ccccc2O3)s1. The van der Waals surface area contributed by atoms with E-state index in [0.717, 1.165) is 44.6 Å². The Kier molecular flexibility index (Phi) is 5.48. The lowest BCUT2D eigenvalue weighted by molar-refractivity contribution is -0.129. The Morgan fingerprint density at radius 1 is 1.21 bits per heavy atom. The summed E-state index contributed by atoms with van der Waals surface area (Å²) in [7, 11) is 3.68. The van der Waals surface area contributed by atoms with Crippen molar-refractivity contribution in [2.45, 2.75) is 50.7 Å². The lowest BCUT2D eigenvalue weighted by Crippen LogP contribution is -2.50. The van der Waals surface area contributed by atoms with E-state index < -0.39 is 0 Å². The summed E-state index contributed by atoms with van der Waals surface area (Å²) in [5.74, 6) is 1.42. The molecular formula is C23H30N2O2S. The van der Waals surface area contributed by atoms with Gasteiger partial charge in [-0.25, -0.2) is 0 Å². The summed E-state index contributed by atoms with van der Waals surface area (Å²) in [6, 6.07) is 12.8. The Morgan fingerprint density at radius 2 is 1.96 bits per heavy atom. The zero-order valence-corrected chi connectivity index (χ0v) is 17.9. The molecule has 1 spiro atoms. The number of hydrogen-bond acceptors (Lipinski definition) is 4. The number of likely N-dealkylation sites (tertiary alicyclic amines) is 1. The molecule has 1 fully saturated rings. The minimum Gasteiger partial charge on any atom is -0.487 e. The number of para-hydroxylation sites is 1. The number of carbonyl (C=O) groups is 1. The molecule has 28 heavy (non-hydrogen) atoms. The summed E-state index contributed by atoms with van der Waals surface area (Å²) < 4.78 is 6.59. The highest BCUT2D eigenvalue weighted by Gasteiger charge is 2.43. The van der Waals surface area contributed by atoms with Crippen molar-refractivity contribution < 1.29 is 9.53 Å². The van der Waals surface area contributed by atoms with Crippen LogP contribution in [-0.2, 0) is 11.3 Å². The maximum atomic E-state index is 12.4. The number of fused-ring (bicyclic) bond motifs is 1. The molecule has 1 aromatic heterocycles. The third kappa shape index (κ3) is 4.11. The van der Waals surface area contributed by atoms with E-state index in [-0.39, 0.29) is 17.4 Å². The van der Waals surface area contributed by atoms with Gasteiger partial charge in [-0.15, -0.1) is 11.3 Å². The maximum absolute atomic E-state index is 12.4. The van der Waals surface area contributed by atoms with Crippen molar-refractivity contribution in [1.29, 1.82) is 0 Å². The number of piperidine rings is 1. The summed E-state index contributed by atoms with van der Waals surface area (Å²) in [5, 5.41) is 0. The van der Waals surface area contributed by atoms with E-state index in [2.05, 4.69) is 42.2 Å². The third-order valence-corrected chi connectivity index (χ3v) is 7.15. The molecule has 2 aliphatic rings. The van der Waals surface area contributed by atoms with Gasteiger partial charge in [0.1, 0.15) is 11.4 Å². The third-order valence-electron chi connectivity index (χ3n) is 6.17. The Labute approximate surface area is 172 Å². The van der Waals surface area contributed by atoms with Gasteiger partial charge in [-0.2, -0.15) is 0 Å². The van der Waals surface area contributed by atoms with Crippen molar-refractivity contribution in [2.75, 3.05) is 27.2 Å². The van der Waals surface area contributed by atoms with Crippen LogP contribution >= 0.6 is 11.3 Å². The van der Waals surface area contributed by atoms with Gasteiger partial charge in [0, 0.05) is 55.8 Å². The van der Waals surface area contributed by atoms with Gasteiger partial charge < -0.3 is 9.64 Å². The molecule has 4 rings (SSSR count). The molecule has 0 aliphatic carbocycles. The number of benzene rings is 1. The number of ether oxygens (including phenoxy) is 1. The van der Waals surface area contributed by atoms with E-state index in [4.69, 9.17) is 4.74 Å². The highest BCUT2D eigenvalue weighted by molar-refractivity contribution is 7.11. The fraction of sp³-hybridized carbons (Fsp3) is 0.522. The molecule has 0 unspecified atom stereocenters. The van der Waals surface area contributed by atoms with Gasteiger partial charge in [-0.05, 0) is 49.9 Å². The van der Waals surface area contributed by atoms with Gasteiger partial charge in [-0.3, -0.25) is 9.69 Å².